The van der Waals surface area contributed by atoms with Gasteiger partial charge in [0.05, 0.1) is 0 Å². The molecule has 142 valence electrons. The Labute approximate surface area is 153 Å². The zero-order valence-corrected chi connectivity index (χ0v) is 16.1. The van der Waals surface area contributed by atoms with Gasteiger partial charge in [-0.3, -0.25) is 9.59 Å². The second-order valence-electron chi connectivity index (χ2n) is 9.16. The van der Waals surface area contributed by atoms with Gasteiger partial charge in [-0.2, -0.15) is 0 Å². The molecule has 1 saturated heterocycles. The zero-order valence-electron chi connectivity index (χ0n) is 16.1. The van der Waals surface area contributed by atoms with E-state index in [0.29, 0.717) is 30.1 Å². The van der Waals surface area contributed by atoms with Crippen LogP contribution in [0.3, 0.4) is 0 Å². The van der Waals surface area contributed by atoms with Gasteiger partial charge in [0.25, 0.3) is 0 Å². The smallest absolute Gasteiger partial charge is 0.225 e. The van der Waals surface area contributed by atoms with Crippen molar-refractivity contribution >= 4 is 11.8 Å². The van der Waals surface area contributed by atoms with E-state index in [1.54, 1.807) is 0 Å². The molecule has 4 nitrogen and oxygen atoms in total. The molecule has 0 aromatic rings. The summed E-state index contributed by atoms with van der Waals surface area (Å²) in [6.45, 7) is 6.38. The summed E-state index contributed by atoms with van der Waals surface area (Å²) < 4.78 is 0. The summed E-state index contributed by atoms with van der Waals surface area (Å²) in [5.74, 6) is 2.65. The number of amides is 2. The minimum Gasteiger partial charge on any atom is -0.353 e. The van der Waals surface area contributed by atoms with Crippen molar-refractivity contribution in [3.05, 3.63) is 0 Å². The maximum Gasteiger partial charge on any atom is 0.225 e. The molecule has 3 aliphatic rings. The molecule has 2 atom stereocenters. The number of carbonyl (C=O) groups is 2. The van der Waals surface area contributed by atoms with E-state index in [-0.39, 0.29) is 17.9 Å². The second kappa shape index (κ2) is 8.55. The van der Waals surface area contributed by atoms with E-state index < -0.39 is 0 Å². The highest BCUT2D eigenvalue weighted by Gasteiger charge is 2.33. The SMILES string of the molecule is C[C@@H]1C[C@@H](C)CN(C(=O)C2CCC(NC(=O)CC3CCCC3)CC2)C1. The van der Waals surface area contributed by atoms with Gasteiger partial charge >= 0.3 is 0 Å². The first kappa shape index (κ1) is 18.7. The van der Waals surface area contributed by atoms with Gasteiger partial charge in [0.1, 0.15) is 0 Å². The second-order valence-corrected chi connectivity index (χ2v) is 9.16. The predicted molar refractivity (Wildman–Crippen MR) is 100.0 cm³/mol. The van der Waals surface area contributed by atoms with Crippen LogP contribution in [0.2, 0.25) is 0 Å². The molecular formula is C21H36N2O2. The number of nitrogens with one attached hydrogen (secondary N) is 1. The van der Waals surface area contributed by atoms with Crippen LogP contribution in [0.5, 0.6) is 0 Å². The third kappa shape index (κ3) is 5.21. The van der Waals surface area contributed by atoms with Crippen molar-refractivity contribution in [3.63, 3.8) is 0 Å². The Hall–Kier alpha value is -1.06. The fraction of sp³-hybridized carbons (Fsp3) is 0.905. The molecule has 2 saturated carbocycles. The van der Waals surface area contributed by atoms with Gasteiger partial charge in [0.15, 0.2) is 0 Å². The van der Waals surface area contributed by atoms with Crippen LogP contribution in [0.15, 0.2) is 0 Å². The van der Waals surface area contributed by atoms with Crippen molar-refractivity contribution in [2.45, 2.75) is 84.1 Å². The highest BCUT2D eigenvalue weighted by atomic mass is 16.2. The number of hydrogen-bond acceptors (Lipinski definition) is 2. The molecule has 3 fully saturated rings. The van der Waals surface area contributed by atoms with Crippen LogP contribution in [-0.2, 0) is 9.59 Å². The Morgan fingerprint density at radius 2 is 1.52 bits per heavy atom. The van der Waals surface area contributed by atoms with Gasteiger partial charge in [-0.1, -0.05) is 26.7 Å². The van der Waals surface area contributed by atoms with Gasteiger partial charge in [0, 0.05) is 31.5 Å². The van der Waals surface area contributed by atoms with E-state index in [4.69, 9.17) is 0 Å². The normalized spacial score (nSPS) is 34.1. The number of carbonyl (C=O) groups excluding carboxylic acids is 2. The Kier molecular flexibility index (Phi) is 6.40. The minimum atomic E-state index is 0.181. The summed E-state index contributed by atoms with van der Waals surface area (Å²) in [6, 6.07) is 0.289. The van der Waals surface area contributed by atoms with Crippen LogP contribution < -0.4 is 5.32 Å². The van der Waals surface area contributed by atoms with Crippen LogP contribution in [0, 0.1) is 23.7 Å². The van der Waals surface area contributed by atoms with Crippen molar-refractivity contribution in [3.8, 4) is 0 Å². The van der Waals surface area contributed by atoms with E-state index in [9.17, 15) is 9.59 Å². The lowest BCUT2D eigenvalue weighted by molar-refractivity contribution is -0.139. The van der Waals surface area contributed by atoms with Crippen molar-refractivity contribution in [1.82, 2.24) is 10.2 Å². The van der Waals surface area contributed by atoms with Crippen LogP contribution in [0.1, 0.15) is 78.1 Å². The minimum absolute atomic E-state index is 0.181. The van der Waals surface area contributed by atoms with E-state index >= 15 is 0 Å². The van der Waals surface area contributed by atoms with E-state index in [2.05, 4.69) is 24.1 Å². The van der Waals surface area contributed by atoms with E-state index in [1.165, 1.54) is 32.1 Å². The molecule has 25 heavy (non-hydrogen) atoms. The Balaban J connectivity index is 1.40. The third-order valence-electron chi connectivity index (χ3n) is 6.57. The average molecular weight is 349 g/mol. The molecular weight excluding hydrogens is 312 g/mol. The molecule has 0 radical (unpaired) electrons. The Bertz CT molecular complexity index is 455. The summed E-state index contributed by atoms with van der Waals surface area (Å²) in [6.07, 6.45) is 10.8. The summed E-state index contributed by atoms with van der Waals surface area (Å²) in [5, 5.41) is 3.24. The van der Waals surface area contributed by atoms with Crippen molar-refractivity contribution in [2.75, 3.05) is 13.1 Å². The molecule has 0 aromatic heterocycles. The quantitative estimate of drug-likeness (QED) is 0.841. The van der Waals surface area contributed by atoms with Crippen LogP contribution in [0.25, 0.3) is 0 Å². The summed E-state index contributed by atoms with van der Waals surface area (Å²) >= 11 is 0. The Morgan fingerprint density at radius 1 is 0.920 bits per heavy atom. The molecule has 2 aliphatic carbocycles. The average Bonchev–Trinajstić information content (AvgIpc) is 3.07. The largest absolute Gasteiger partial charge is 0.353 e. The van der Waals surface area contributed by atoms with E-state index in [0.717, 1.165) is 38.8 Å². The molecule has 0 bridgehead atoms. The lowest BCUT2D eigenvalue weighted by atomic mass is 9.83. The molecule has 1 N–H and O–H groups in total. The summed E-state index contributed by atoms with van der Waals surface area (Å²) in [5.41, 5.74) is 0. The lowest BCUT2D eigenvalue weighted by Gasteiger charge is -2.38. The number of rotatable bonds is 4. The van der Waals surface area contributed by atoms with Crippen LogP contribution in [-0.4, -0.2) is 35.8 Å². The van der Waals surface area contributed by atoms with Crippen molar-refractivity contribution in [1.29, 1.82) is 0 Å². The maximum absolute atomic E-state index is 12.8. The number of piperidine rings is 1. The van der Waals surface area contributed by atoms with Crippen LogP contribution >= 0.6 is 0 Å². The molecule has 1 aliphatic heterocycles. The standard InChI is InChI=1S/C21H36N2O2/c1-15-11-16(2)14-23(13-15)21(25)18-7-9-19(10-8-18)22-20(24)12-17-5-3-4-6-17/h15-19H,3-14H2,1-2H3,(H,22,24)/t15-,16-,18?,19?/m1/s1. The first-order valence-corrected chi connectivity index (χ1v) is 10.6. The van der Waals surface area contributed by atoms with Gasteiger partial charge in [-0.05, 0) is 62.7 Å². The predicted octanol–water partition coefficient (Wildman–Crippen LogP) is 3.75. The fourth-order valence-electron chi connectivity index (χ4n) is 5.35. The molecule has 2 amide bonds. The molecule has 0 aromatic carbocycles. The van der Waals surface area contributed by atoms with Gasteiger partial charge in [-0.25, -0.2) is 0 Å². The fourth-order valence-corrected chi connectivity index (χ4v) is 5.35. The maximum atomic E-state index is 12.8. The molecule has 1 heterocycles. The topological polar surface area (TPSA) is 49.4 Å². The molecule has 0 unspecified atom stereocenters. The van der Waals surface area contributed by atoms with Gasteiger partial charge in [0.2, 0.25) is 11.8 Å². The first-order chi connectivity index (χ1) is 12.0. The monoisotopic (exact) mass is 348 g/mol. The van der Waals surface area contributed by atoms with Gasteiger partial charge < -0.3 is 10.2 Å². The Morgan fingerprint density at radius 3 is 2.12 bits per heavy atom. The first-order valence-electron chi connectivity index (χ1n) is 10.6. The lowest BCUT2D eigenvalue weighted by Crippen LogP contribution is -2.47. The van der Waals surface area contributed by atoms with Crippen LogP contribution in [0.4, 0.5) is 0 Å². The van der Waals surface area contributed by atoms with Crippen molar-refractivity contribution < 1.29 is 9.59 Å². The van der Waals surface area contributed by atoms with Crippen molar-refractivity contribution in [2.24, 2.45) is 23.7 Å². The molecule has 0 spiro atoms. The zero-order chi connectivity index (χ0) is 17.8. The van der Waals surface area contributed by atoms with E-state index in [1.807, 2.05) is 0 Å². The number of nitrogens with zero attached hydrogens (tertiary/aromatic N) is 1. The highest BCUT2D eigenvalue weighted by Crippen LogP contribution is 2.30. The number of likely N-dealkylation sites (tertiary alicyclic amines) is 1. The summed E-state index contributed by atoms with van der Waals surface area (Å²) in [4.78, 5) is 27.2. The highest BCUT2D eigenvalue weighted by molar-refractivity contribution is 5.79. The molecule has 4 heteroatoms. The number of hydrogen-bond donors (Lipinski definition) is 1. The summed E-state index contributed by atoms with van der Waals surface area (Å²) in [7, 11) is 0. The third-order valence-corrected chi connectivity index (χ3v) is 6.57. The molecule has 3 rings (SSSR count). The van der Waals surface area contributed by atoms with Gasteiger partial charge in [-0.15, -0.1) is 0 Å².